The number of aromatic amines is 1. The summed E-state index contributed by atoms with van der Waals surface area (Å²) in [5, 5.41) is 11.1. The van der Waals surface area contributed by atoms with Crippen LogP contribution in [-0.2, 0) is 4.79 Å². The second-order valence-corrected chi connectivity index (χ2v) is 10.4. The Morgan fingerprint density at radius 3 is 2.72 bits per heavy atom. The van der Waals surface area contributed by atoms with Gasteiger partial charge in [-0.3, -0.25) is 9.74 Å². The van der Waals surface area contributed by atoms with Crippen LogP contribution in [0.25, 0.3) is 10.9 Å². The lowest BCUT2D eigenvalue weighted by Gasteiger charge is -2.45. The number of halogens is 1. The summed E-state index contributed by atoms with van der Waals surface area (Å²) in [5.74, 6) is 0.788. The molecule has 0 bridgehead atoms. The first-order valence-electron chi connectivity index (χ1n) is 11.2. The predicted molar refractivity (Wildman–Crippen MR) is 127 cm³/mol. The molecule has 0 spiro atoms. The first-order chi connectivity index (χ1) is 15.1. The molecule has 178 valence electrons. The summed E-state index contributed by atoms with van der Waals surface area (Å²) in [7, 11) is 0. The Labute approximate surface area is 193 Å². The highest BCUT2D eigenvalue weighted by atomic mass is 32.2. The van der Waals surface area contributed by atoms with Crippen LogP contribution in [0.3, 0.4) is 0 Å². The maximum atomic E-state index is 13.5. The first kappa shape index (κ1) is 24.7. The molecule has 3 rings (SSSR count). The number of nitrogens with zero attached hydrogens (tertiary/aromatic N) is 1. The molecule has 1 aliphatic rings. The zero-order valence-electron chi connectivity index (χ0n) is 19.8. The lowest BCUT2D eigenvalue weighted by Crippen LogP contribution is -2.53. The van der Waals surface area contributed by atoms with Crippen LogP contribution >= 0.6 is 12.0 Å². The molecule has 6 nitrogen and oxygen atoms in total. The van der Waals surface area contributed by atoms with Crippen LogP contribution in [0.4, 0.5) is 4.53 Å². The molecular formula is C24H35FN2O4S. The quantitative estimate of drug-likeness (QED) is 0.484. The topological polar surface area (TPSA) is 74.8 Å². The van der Waals surface area contributed by atoms with Gasteiger partial charge in [0, 0.05) is 41.0 Å². The molecule has 0 saturated carbocycles. The molecular weight excluding hydrogens is 431 g/mol. The van der Waals surface area contributed by atoms with Crippen LogP contribution in [0.2, 0.25) is 0 Å². The molecule has 2 heterocycles. The molecule has 0 aliphatic carbocycles. The molecule has 4 atom stereocenters. The Bertz CT molecular complexity index is 942. The van der Waals surface area contributed by atoms with Crippen molar-refractivity contribution >= 4 is 28.9 Å². The highest BCUT2D eigenvalue weighted by molar-refractivity contribution is 7.94. The number of hydrogen-bond acceptors (Lipinski definition) is 5. The average molecular weight is 467 g/mol. The summed E-state index contributed by atoms with van der Waals surface area (Å²) in [6.07, 6.45) is 6.32. The van der Waals surface area contributed by atoms with Gasteiger partial charge in [-0.1, -0.05) is 13.8 Å². The van der Waals surface area contributed by atoms with E-state index in [4.69, 9.17) is 4.18 Å². The van der Waals surface area contributed by atoms with Gasteiger partial charge in [-0.25, -0.2) is 0 Å². The molecule has 1 aromatic heterocycles. The lowest BCUT2D eigenvalue weighted by molar-refractivity contribution is -0.140. The van der Waals surface area contributed by atoms with E-state index < -0.39 is 5.60 Å². The number of benzene rings is 1. The van der Waals surface area contributed by atoms with E-state index in [0.717, 1.165) is 41.4 Å². The van der Waals surface area contributed by atoms with Gasteiger partial charge in [0.15, 0.2) is 5.75 Å². The third kappa shape index (κ3) is 5.34. The van der Waals surface area contributed by atoms with Crippen molar-refractivity contribution in [3.05, 3.63) is 23.9 Å². The summed E-state index contributed by atoms with van der Waals surface area (Å²) in [5.41, 5.74) is 0.840. The number of hydrogen-bond donors (Lipinski definition) is 2. The van der Waals surface area contributed by atoms with Crippen LogP contribution in [0.5, 0.6) is 11.5 Å². The number of fused-ring (bicyclic) bond motifs is 1. The number of piperidine rings is 1. The van der Waals surface area contributed by atoms with E-state index in [2.05, 4.69) is 23.8 Å². The molecule has 32 heavy (non-hydrogen) atoms. The molecule has 0 radical (unpaired) electrons. The van der Waals surface area contributed by atoms with Crippen LogP contribution in [0.1, 0.15) is 71.8 Å². The largest absolute Gasteiger partial charge is 0.421 e. The van der Waals surface area contributed by atoms with Crippen LogP contribution in [0, 0.1) is 5.92 Å². The monoisotopic (exact) mass is 466 g/mol. The molecule has 2 aromatic rings. The number of rotatable bonds is 8. The predicted octanol–water partition coefficient (Wildman–Crippen LogP) is 5.76. The van der Waals surface area contributed by atoms with E-state index >= 15 is 0 Å². The number of amides is 1. The second kappa shape index (κ2) is 9.91. The van der Waals surface area contributed by atoms with E-state index in [9.17, 15) is 14.4 Å². The van der Waals surface area contributed by atoms with Gasteiger partial charge in [0.05, 0.1) is 23.0 Å². The highest BCUT2D eigenvalue weighted by Gasteiger charge is 2.37. The lowest BCUT2D eigenvalue weighted by atomic mass is 9.82. The Kier molecular flexibility index (Phi) is 7.65. The fourth-order valence-electron chi connectivity index (χ4n) is 5.23. The maximum absolute atomic E-state index is 13.5. The Balaban J connectivity index is 1.88. The minimum absolute atomic E-state index is 0.00936. The third-order valence-corrected chi connectivity index (χ3v) is 6.70. The van der Waals surface area contributed by atoms with Gasteiger partial charge in [-0.15, -0.1) is 0 Å². The SMILES string of the molecule is CSOc1c(OF)ccc2[nH]cc(C(C)CC(=O)N3C(C)CC(C)CC3CC(C)(C)O)c12. The fourth-order valence-corrected chi connectivity index (χ4v) is 5.56. The number of nitrogens with one attached hydrogen (secondary N) is 1. The maximum Gasteiger partial charge on any atom is 0.223 e. The van der Waals surface area contributed by atoms with Crippen LogP contribution in [0.15, 0.2) is 18.3 Å². The normalized spacial score (nSPS) is 22.8. The van der Waals surface area contributed by atoms with Crippen molar-refractivity contribution < 1.29 is 23.6 Å². The van der Waals surface area contributed by atoms with E-state index in [1.165, 1.54) is 6.07 Å². The summed E-state index contributed by atoms with van der Waals surface area (Å²) in [6, 6.07) is 3.39. The molecule has 8 heteroatoms. The molecule has 1 aromatic carbocycles. The fraction of sp³-hybridized carbons (Fsp3) is 0.625. The van der Waals surface area contributed by atoms with E-state index in [0.29, 0.717) is 24.5 Å². The number of aliphatic hydroxyl groups is 1. The van der Waals surface area contributed by atoms with Crippen molar-refractivity contribution in [1.82, 2.24) is 9.88 Å². The van der Waals surface area contributed by atoms with Crippen molar-refractivity contribution in [1.29, 1.82) is 0 Å². The molecule has 1 amide bonds. The van der Waals surface area contributed by atoms with Crippen molar-refractivity contribution in [3.8, 4) is 11.5 Å². The van der Waals surface area contributed by atoms with Crippen molar-refractivity contribution in [2.75, 3.05) is 6.26 Å². The number of likely N-dealkylation sites (tertiary alicyclic amines) is 1. The van der Waals surface area contributed by atoms with Gasteiger partial charge < -0.3 is 19.2 Å². The third-order valence-electron chi connectivity index (χ3n) is 6.36. The zero-order chi connectivity index (χ0) is 23.6. The zero-order valence-corrected chi connectivity index (χ0v) is 20.6. The standard InChI is InChI=1S/C24H35FN2O4S/c1-14-9-16(3)27(17(10-14)12-24(4,5)29)21(28)11-15(2)18-13-26-19-7-8-20(30-25)23(22(18)19)31-32-6/h7-8,13-17,26,29H,9-12H2,1-6H3. The Hall–Kier alpha value is -1.93. The van der Waals surface area contributed by atoms with Crippen LogP contribution in [-0.4, -0.2) is 44.8 Å². The number of carbonyl (C=O) groups is 1. The summed E-state index contributed by atoms with van der Waals surface area (Å²) < 4.78 is 18.7. The van der Waals surface area contributed by atoms with E-state index in [1.54, 1.807) is 26.2 Å². The van der Waals surface area contributed by atoms with Crippen molar-refractivity contribution in [2.45, 2.75) is 83.9 Å². The number of carbonyl (C=O) groups excluding carboxylic acids is 1. The molecule has 1 fully saturated rings. The van der Waals surface area contributed by atoms with Crippen molar-refractivity contribution in [2.24, 2.45) is 5.92 Å². The van der Waals surface area contributed by atoms with Crippen molar-refractivity contribution in [3.63, 3.8) is 0 Å². The molecule has 1 aliphatic heterocycles. The van der Waals surface area contributed by atoms with Gasteiger partial charge in [0.25, 0.3) is 0 Å². The second-order valence-electron chi connectivity index (χ2n) is 9.89. The van der Waals surface area contributed by atoms with Gasteiger partial charge in [-0.05, 0) is 69.6 Å². The summed E-state index contributed by atoms with van der Waals surface area (Å²) >= 11 is 1.11. The van der Waals surface area contributed by atoms with E-state index in [-0.39, 0.29) is 29.7 Å². The highest BCUT2D eigenvalue weighted by Crippen LogP contribution is 2.42. The molecule has 4 unspecified atom stereocenters. The van der Waals surface area contributed by atoms with Gasteiger partial charge >= 0.3 is 0 Å². The molecule has 2 N–H and O–H groups in total. The average Bonchev–Trinajstić information content (AvgIpc) is 3.11. The van der Waals surface area contributed by atoms with Crippen LogP contribution < -0.4 is 9.12 Å². The summed E-state index contributed by atoms with van der Waals surface area (Å²) in [4.78, 5) is 22.7. The van der Waals surface area contributed by atoms with E-state index in [1.807, 2.05) is 18.0 Å². The Morgan fingerprint density at radius 2 is 2.09 bits per heavy atom. The first-order valence-corrected chi connectivity index (χ1v) is 12.4. The smallest absolute Gasteiger partial charge is 0.223 e. The van der Waals surface area contributed by atoms with Gasteiger partial charge in [-0.2, -0.15) is 0 Å². The minimum atomic E-state index is -0.838. The number of H-pyrrole nitrogens is 1. The van der Waals surface area contributed by atoms with Gasteiger partial charge in [0.1, 0.15) is 0 Å². The Morgan fingerprint density at radius 1 is 1.38 bits per heavy atom. The minimum Gasteiger partial charge on any atom is -0.421 e. The number of aromatic nitrogens is 1. The summed E-state index contributed by atoms with van der Waals surface area (Å²) in [6.45, 7) is 9.89. The van der Waals surface area contributed by atoms with Gasteiger partial charge in [0.2, 0.25) is 11.7 Å². The molecule has 1 saturated heterocycles.